The van der Waals surface area contributed by atoms with Crippen molar-refractivity contribution in [3.05, 3.63) is 66.2 Å². The van der Waals surface area contributed by atoms with Crippen molar-refractivity contribution < 1.29 is 13.2 Å². The summed E-state index contributed by atoms with van der Waals surface area (Å²) >= 11 is 1.17. The maximum atomic E-state index is 12.6. The van der Waals surface area contributed by atoms with E-state index in [9.17, 15) is 13.2 Å². The lowest BCUT2D eigenvalue weighted by Gasteiger charge is -2.13. The molecule has 0 unspecified atom stereocenters. The van der Waals surface area contributed by atoms with Crippen molar-refractivity contribution in [3.8, 4) is 0 Å². The Bertz CT molecular complexity index is 865. The Kier molecular flexibility index (Phi) is 4.73. The minimum atomic E-state index is -3.84. The summed E-state index contributed by atoms with van der Waals surface area (Å²) < 4.78 is 28.8. The van der Waals surface area contributed by atoms with Crippen LogP contribution in [-0.2, 0) is 14.8 Å². The summed E-state index contributed by atoms with van der Waals surface area (Å²) in [6, 6.07) is 17.3. The number of likely N-dealkylation sites (N-methyl/N-ethyl adjacent to an activating group) is 1. The molecule has 5 nitrogen and oxygen atoms in total. The molecule has 0 bridgehead atoms. The summed E-state index contributed by atoms with van der Waals surface area (Å²) in [6.45, 7) is 2.18. The van der Waals surface area contributed by atoms with Crippen molar-refractivity contribution in [3.63, 3.8) is 0 Å². The second-order valence-electron chi connectivity index (χ2n) is 5.15. The number of carbonyl (C=O) groups is 1. The normalized spacial score (nSPS) is 19.9. The van der Waals surface area contributed by atoms with E-state index in [0.29, 0.717) is 6.54 Å². The third kappa shape index (κ3) is 3.22. The van der Waals surface area contributed by atoms with Crippen LogP contribution in [0.5, 0.6) is 0 Å². The van der Waals surface area contributed by atoms with E-state index < -0.39 is 15.3 Å². The minimum Gasteiger partial charge on any atom is -0.290 e. The average Bonchev–Trinajstić information content (AvgIpc) is 2.91. The summed E-state index contributed by atoms with van der Waals surface area (Å²) in [6.07, 6.45) is 0. The SMILES string of the molecule is CCN1C(=O)[C@@H](c2ccccc2)SC1=NS(=O)(=O)c1ccccc1. The number of hydrogen-bond donors (Lipinski definition) is 0. The van der Waals surface area contributed by atoms with Crippen molar-refractivity contribution in [2.75, 3.05) is 6.54 Å². The van der Waals surface area contributed by atoms with Gasteiger partial charge in [0, 0.05) is 6.54 Å². The van der Waals surface area contributed by atoms with Crippen LogP contribution in [0.1, 0.15) is 17.7 Å². The lowest BCUT2D eigenvalue weighted by atomic mass is 10.1. The first-order valence-electron chi connectivity index (χ1n) is 7.46. The monoisotopic (exact) mass is 360 g/mol. The number of rotatable bonds is 4. The first-order valence-corrected chi connectivity index (χ1v) is 9.78. The fourth-order valence-electron chi connectivity index (χ4n) is 2.40. The molecule has 1 heterocycles. The van der Waals surface area contributed by atoms with Gasteiger partial charge in [-0.2, -0.15) is 8.42 Å². The molecular formula is C17H16N2O3S2. The third-order valence-corrected chi connectivity index (χ3v) is 6.23. The zero-order valence-corrected chi connectivity index (χ0v) is 14.6. The standard InChI is InChI=1S/C17H16N2O3S2/c1-2-19-16(20)15(13-9-5-3-6-10-13)23-17(19)18-24(21,22)14-11-7-4-8-12-14/h3-12,15H,2H2,1H3/t15-/m1/s1. The highest BCUT2D eigenvalue weighted by atomic mass is 32.2. The Morgan fingerprint density at radius 3 is 2.21 bits per heavy atom. The van der Waals surface area contributed by atoms with Gasteiger partial charge < -0.3 is 0 Å². The van der Waals surface area contributed by atoms with E-state index in [0.717, 1.165) is 5.56 Å². The van der Waals surface area contributed by atoms with E-state index in [2.05, 4.69) is 4.40 Å². The first kappa shape index (κ1) is 16.7. The molecular weight excluding hydrogens is 344 g/mol. The number of benzene rings is 2. The van der Waals surface area contributed by atoms with Gasteiger partial charge in [-0.25, -0.2) is 0 Å². The average molecular weight is 360 g/mol. The molecule has 1 amide bonds. The maximum absolute atomic E-state index is 12.6. The number of hydrogen-bond acceptors (Lipinski definition) is 4. The molecule has 7 heteroatoms. The molecule has 2 aromatic rings. The molecule has 1 atom stereocenters. The van der Waals surface area contributed by atoms with Crippen LogP contribution < -0.4 is 0 Å². The Hall–Kier alpha value is -2.12. The van der Waals surface area contributed by atoms with Crippen LogP contribution in [0.4, 0.5) is 0 Å². The molecule has 1 aliphatic rings. The highest BCUT2D eigenvalue weighted by Crippen LogP contribution is 2.39. The minimum absolute atomic E-state index is 0.116. The Morgan fingerprint density at radius 2 is 1.62 bits per heavy atom. The highest BCUT2D eigenvalue weighted by Gasteiger charge is 2.39. The number of sulfonamides is 1. The molecule has 0 aromatic heterocycles. The van der Waals surface area contributed by atoms with Crippen molar-refractivity contribution in [1.29, 1.82) is 0 Å². The van der Waals surface area contributed by atoms with Gasteiger partial charge in [-0.15, -0.1) is 4.40 Å². The molecule has 0 N–H and O–H groups in total. The van der Waals surface area contributed by atoms with E-state index in [1.165, 1.54) is 28.8 Å². The van der Waals surface area contributed by atoms with Crippen LogP contribution in [0.3, 0.4) is 0 Å². The molecule has 0 spiro atoms. The van der Waals surface area contributed by atoms with Gasteiger partial charge in [-0.05, 0) is 24.6 Å². The quantitative estimate of drug-likeness (QED) is 0.840. The summed E-state index contributed by atoms with van der Waals surface area (Å²) in [7, 11) is -3.84. The number of amidine groups is 1. The first-order chi connectivity index (χ1) is 11.5. The molecule has 3 rings (SSSR count). The number of nitrogens with zero attached hydrogens (tertiary/aromatic N) is 2. The molecule has 0 aliphatic carbocycles. The van der Waals surface area contributed by atoms with Crippen molar-refractivity contribution in [2.24, 2.45) is 4.40 Å². The van der Waals surface area contributed by atoms with E-state index in [-0.39, 0.29) is 16.0 Å². The second kappa shape index (κ2) is 6.78. The zero-order chi connectivity index (χ0) is 17.2. The van der Waals surface area contributed by atoms with Crippen LogP contribution in [0, 0.1) is 0 Å². The van der Waals surface area contributed by atoms with Gasteiger partial charge in [0.25, 0.3) is 10.0 Å². The topological polar surface area (TPSA) is 66.8 Å². The Morgan fingerprint density at radius 1 is 1.04 bits per heavy atom. The van der Waals surface area contributed by atoms with Crippen LogP contribution in [-0.4, -0.2) is 30.9 Å². The molecule has 1 fully saturated rings. The van der Waals surface area contributed by atoms with Crippen LogP contribution in [0.25, 0.3) is 0 Å². The maximum Gasteiger partial charge on any atom is 0.284 e. The van der Waals surface area contributed by atoms with Gasteiger partial charge in [-0.1, -0.05) is 60.3 Å². The number of carbonyl (C=O) groups excluding carboxylic acids is 1. The fraction of sp³-hybridized carbons (Fsp3) is 0.176. The van der Waals surface area contributed by atoms with E-state index in [1.807, 2.05) is 30.3 Å². The summed E-state index contributed by atoms with van der Waals surface area (Å²) in [4.78, 5) is 14.1. The van der Waals surface area contributed by atoms with Crippen molar-refractivity contribution >= 4 is 32.9 Å². The lowest BCUT2D eigenvalue weighted by molar-refractivity contribution is -0.126. The number of thioether (sulfide) groups is 1. The number of amides is 1. The third-order valence-electron chi connectivity index (χ3n) is 3.60. The van der Waals surface area contributed by atoms with Gasteiger partial charge in [-0.3, -0.25) is 9.69 Å². The van der Waals surface area contributed by atoms with E-state index in [1.54, 1.807) is 25.1 Å². The van der Waals surface area contributed by atoms with Crippen LogP contribution >= 0.6 is 11.8 Å². The van der Waals surface area contributed by atoms with Gasteiger partial charge >= 0.3 is 0 Å². The van der Waals surface area contributed by atoms with Gasteiger partial charge in [0.05, 0.1) is 4.90 Å². The summed E-state index contributed by atoms with van der Waals surface area (Å²) in [5.41, 5.74) is 0.841. The van der Waals surface area contributed by atoms with Crippen molar-refractivity contribution in [2.45, 2.75) is 17.1 Å². The molecule has 1 saturated heterocycles. The molecule has 2 aromatic carbocycles. The van der Waals surface area contributed by atoms with Crippen LogP contribution in [0.2, 0.25) is 0 Å². The predicted octanol–water partition coefficient (Wildman–Crippen LogP) is 3.07. The summed E-state index contributed by atoms with van der Waals surface area (Å²) in [5.74, 6) is -0.143. The largest absolute Gasteiger partial charge is 0.290 e. The predicted molar refractivity (Wildman–Crippen MR) is 95.2 cm³/mol. The zero-order valence-electron chi connectivity index (χ0n) is 13.0. The van der Waals surface area contributed by atoms with Gasteiger partial charge in [0.15, 0.2) is 5.17 Å². The Balaban J connectivity index is 1.97. The molecule has 124 valence electrons. The van der Waals surface area contributed by atoms with Crippen LogP contribution in [0.15, 0.2) is 70.0 Å². The van der Waals surface area contributed by atoms with Crippen molar-refractivity contribution in [1.82, 2.24) is 4.90 Å². The van der Waals surface area contributed by atoms with E-state index in [4.69, 9.17) is 0 Å². The van der Waals surface area contributed by atoms with E-state index >= 15 is 0 Å². The fourth-order valence-corrected chi connectivity index (χ4v) is 4.86. The van der Waals surface area contributed by atoms with Gasteiger partial charge in [0.2, 0.25) is 5.91 Å². The molecule has 0 radical (unpaired) electrons. The molecule has 1 aliphatic heterocycles. The molecule has 24 heavy (non-hydrogen) atoms. The Labute approximate surface area is 145 Å². The second-order valence-corrected chi connectivity index (χ2v) is 7.83. The smallest absolute Gasteiger partial charge is 0.284 e. The lowest BCUT2D eigenvalue weighted by Crippen LogP contribution is -2.30. The van der Waals surface area contributed by atoms with Gasteiger partial charge in [0.1, 0.15) is 5.25 Å². The molecule has 0 saturated carbocycles. The summed E-state index contributed by atoms with van der Waals surface area (Å²) in [5, 5.41) is -0.240. The highest BCUT2D eigenvalue weighted by molar-refractivity contribution is 8.15.